The summed E-state index contributed by atoms with van der Waals surface area (Å²) >= 11 is 0. The predicted molar refractivity (Wildman–Crippen MR) is 76.9 cm³/mol. The van der Waals surface area contributed by atoms with Gasteiger partial charge in [0, 0.05) is 18.3 Å². The highest BCUT2D eigenvalue weighted by Crippen LogP contribution is 2.13. The average Bonchev–Trinajstić information content (AvgIpc) is 2.98. The number of rotatable bonds is 3. The van der Waals surface area contributed by atoms with Crippen LogP contribution in [0.4, 0.5) is 4.39 Å². The molecule has 0 saturated carbocycles. The number of hydrogen-bond acceptors (Lipinski definition) is 3. The van der Waals surface area contributed by atoms with Crippen molar-refractivity contribution in [1.29, 1.82) is 0 Å². The fourth-order valence-corrected chi connectivity index (χ4v) is 2.50. The zero-order chi connectivity index (χ0) is 14.7. The second-order valence-corrected chi connectivity index (χ2v) is 5.14. The summed E-state index contributed by atoms with van der Waals surface area (Å²) in [7, 11) is 0. The lowest BCUT2D eigenvalue weighted by Gasteiger charge is -2.23. The third kappa shape index (κ3) is 3.11. The van der Waals surface area contributed by atoms with E-state index < -0.39 is 0 Å². The SMILES string of the molecule is O=C(NC1CCCNC1)c1cncn1-c1ccc(F)cc1. The van der Waals surface area contributed by atoms with Crippen molar-refractivity contribution in [3.8, 4) is 5.69 Å². The standard InChI is InChI=1S/C15H17FN4O/c16-11-3-5-13(6-4-11)20-10-18-9-14(20)15(21)19-12-2-1-7-17-8-12/h3-6,9-10,12,17H,1-2,7-8H2,(H,19,21). The van der Waals surface area contributed by atoms with Crippen molar-refractivity contribution in [3.05, 3.63) is 48.3 Å². The molecule has 5 nitrogen and oxygen atoms in total. The minimum Gasteiger partial charge on any atom is -0.347 e. The van der Waals surface area contributed by atoms with E-state index in [2.05, 4.69) is 15.6 Å². The van der Waals surface area contributed by atoms with Crippen molar-refractivity contribution < 1.29 is 9.18 Å². The van der Waals surface area contributed by atoms with Gasteiger partial charge < -0.3 is 10.6 Å². The molecule has 1 aromatic carbocycles. The number of imidazole rings is 1. The summed E-state index contributed by atoms with van der Waals surface area (Å²) in [4.78, 5) is 16.4. The summed E-state index contributed by atoms with van der Waals surface area (Å²) in [6.07, 6.45) is 5.11. The van der Waals surface area contributed by atoms with Crippen LogP contribution in [-0.4, -0.2) is 34.6 Å². The van der Waals surface area contributed by atoms with E-state index in [9.17, 15) is 9.18 Å². The van der Waals surface area contributed by atoms with Gasteiger partial charge >= 0.3 is 0 Å². The Bertz CT molecular complexity index is 617. The van der Waals surface area contributed by atoms with Crippen LogP contribution in [0, 0.1) is 5.82 Å². The smallest absolute Gasteiger partial charge is 0.270 e. The summed E-state index contributed by atoms with van der Waals surface area (Å²) in [5.41, 5.74) is 1.16. The normalized spacial score (nSPS) is 18.4. The van der Waals surface area contributed by atoms with Crippen molar-refractivity contribution in [1.82, 2.24) is 20.2 Å². The molecule has 2 heterocycles. The molecular formula is C15H17FN4O. The number of piperidine rings is 1. The van der Waals surface area contributed by atoms with E-state index in [4.69, 9.17) is 0 Å². The number of nitrogens with one attached hydrogen (secondary N) is 2. The Labute approximate surface area is 122 Å². The third-order valence-electron chi connectivity index (χ3n) is 3.61. The van der Waals surface area contributed by atoms with Gasteiger partial charge in [0.2, 0.25) is 0 Å². The van der Waals surface area contributed by atoms with Crippen molar-refractivity contribution in [3.63, 3.8) is 0 Å². The molecule has 2 aromatic rings. The molecule has 0 spiro atoms. The van der Waals surface area contributed by atoms with Gasteiger partial charge in [0.1, 0.15) is 11.5 Å². The second-order valence-electron chi connectivity index (χ2n) is 5.14. The van der Waals surface area contributed by atoms with Crippen LogP contribution in [0.25, 0.3) is 5.69 Å². The molecule has 1 unspecified atom stereocenters. The first-order chi connectivity index (χ1) is 10.2. The zero-order valence-corrected chi connectivity index (χ0v) is 11.6. The quantitative estimate of drug-likeness (QED) is 0.899. The maximum absolute atomic E-state index is 13.0. The Balaban J connectivity index is 1.78. The number of amides is 1. The van der Waals surface area contributed by atoms with E-state index in [0.29, 0.717) is 11.4 Å². The number of aromatic nitrogens is 2. The molecule has 1 aliphatic heterocycles. The lowest BCUT2D eigenvalue weighted by atomic mass is 10.1. The highest BCUT2D eigenvalue weighted by Gasteiger charge is 2.19. The molecule has 0 aliphatic carbocycles. The minimum absolute atomic E-state index is 0.141. The summed E-state index contributed by atoms with van der Waals surface area (Å²) in [6.45, 7) is 1.79. The Morgan fingerprint density at radius 1 is 1.38 bits per heavy atom. The number of carbonyl (C=O) groups is 1. The maximum atomic E-state index is 13.0. The fourth-order valence-electron chi connectivity index (χ4n) is 2.50. The van der Waals surface area contributed by atoms with Crippen molar-refractivity contribution in [2.45, 2.75) is 18.9 Å². The van der Waals surface area contributed by atoms with Crippen LogP contribution in [-0.2, 0) is 0 Å². The van der Waals surface area contributed by atoms with Crippen LogP contribution in [0.3, 0.4) is 0 Å². The summed E-state index contributed by atoms with van der Waals surface area (Å²) in [6, 6.07) is 6.11. The van der Waals surface area contributed by atoms with E-state index >= 15 is 0 Å². The molecule has 3 rings (SSSR count). The number of nitrogens with zero attached hydrogens (tertiary/aromatic N) is 2. The monoisotopic (exact) mass is 288 g/mol. The van der Waals surface area contributed by atoms with E-state index in [0.717, 1.165) is 25.9 Å². The first-order valence-corrected chi connectivity index (χ1v) is 7.04. The van der Waals surface area contributed by atoms with Crippen LogP contribution in [0.1, 0.15) is 23.3 Å². The van der Waals surface area contributed by atoms with Gasteiger partial charge in [-0.25, -0.2) is 9.37 Å². The molecule has 110 valence electrons. The number of hydrogen-bond donors (Lipinski definition) is 2. The van der Waals surface area contributed by atoms with Crippen molar-refractivity contribution >= 4 is 5.91 Å². The molecular weight excluding hydrogens is 271 g/mol. The van der Waals surface area contributed by atoms with Gasteiger partial charge in [0.15, 0.2) is 0 Å². The average molecular weight is 288 g/mol. The third-order valence-corrected chi connectivity index (χ3v) is 3.61. The van der Waals surface area contributed by atoms with E-state index in [1.165, 1.54) is 18.3 Å². The van der Waals surface area contributed by atoms with Crippen LogP contribution in [0.5, 0.6) is 0 Å². The summed E-state index contributed by atoms with van der Waals surface area (Å²) in [5.74, 6) is -0.469. The summed E-state index contributed by atoms with van der Waals surface area (Å²) < 4.78 is 14.6. The lowest BCUT2D eigenvalue weighted by molar-refractivity contribution is 0.0923. The molecule has 21 heavy (non-hydrogen) atoms. The maximum Gasteiger partial charge on any atom is 0.270 e. The van der Waals surface area contributed by atoms with E-state index in [1.807, 2.05) is 0 Å². The highest BCUT2D eigenvalue weighted by atomic mass is 19.1. The topological polar surface area (TPSA) is 59.0 Å². The van der Waals surface area contributed by atoms with Crippen LogP contribution >= 0.6 is 0 Å². The first kappa shape index (κ1) is 13.8. The van der Waals surface area contributed by atoms with Gasteiger partial charge in [-0.05, 0) is 43.7 Å². The lowest BCUT2D eigenvalue weighted by Crippen LogP contribution is -2.45. The number of benzene rings is 1. The van der Waals surface area contributed by atoms with Gasteiger partial charge in [-0.2, -0.15) is 0 Å². The van der Waals surface area contributed by atoms with Gasteiger partial charge in [0.25, 0.3) is 5.91 Å². The van der Waals surface area contributed by atoms with Crippen LogP contribution in [0.2, 0.25) is 0 Å². The second kappa shape index (κ2) is 6.05. The predicted octanol–water partition coefficient (Wildman–Crippen LogP) is 1.49. The Morgan fingerprint density at radius 2 is 2.19 bits per heavy atom. The van der Waals surface area contributed by atoms with Gasteiger partial charge in [-0.1, -0.05) is 0 Å². The molecule has 2 N–H and O–H groups in total. The Hall–Kier alpha value is -2.21. The van der Waals surface area contributed by atoms with Crippen LogP contribution in [0.15, 0.2) is 36.8 Å². The number of carbonyl (C=O) groups excluding carboxylic acids is 1. The molecule has 6 heteroatoms. The van der Waals surface area contributed by atoms with Gasteiger partial charge in [-0.3, -0.25) is 9.36 Å². The summed E-state index contributed by atoms with van der Waals surface area (Å²) in [5, 5.41) is 6.27. The highest BCUT2D eigenvalue weighted by molar-refractivity contribution is 5.93. The molecule has 1 saturated heterocycles. The first-order valence-electron chi connectivity index (χ1n) is 7.04. The molecule has 1 fully saturated rings. The molecule has 0 bridgehead atoms. The molecule has 1 aliphatic rings. The van der Waals surface area contributed by atoms with Crippen LogP contribution < -0.4 is 10.6 Å². The van der Waals surface area contributed by atoms with E-state index in [1.54, 1.807) is 23.0 Å². The fraction of sp³-hybridized carbons (Fsp3) is 0.333. The Kier molecular flexibility index (Phi) is 3.96. The van der Waals surface area contributed by atoms with Crippen molar-refractivity contribution in [2.75, 3.05) is 13.1 Å². The van der Waals surface area contributed by atoms with Gasteiger partial charge in [0.05, 0.1) is 12.5 Å². The zero-order valence-electron chi connectivity index (χ0n) is 11.6. The van der Waals surface area contributed by atoms with Gasteiger partial charge in [-0.15, -0.1) is 0 Å². The Morgan fingerprint density at radius 3 is 2.90 bits per heavy atom. The van der Waals surface area contributed by atoms with E-state index in [-0.39, 0.29) is 17.8 Å². The molecule has 1 aromatic heterocycles. The molecule has 0 radical (unpaired) electrons. The largest absolute Gasteiger partial charge is 0.347 e. The molecule has 1 atom stereocenters. The minimum atomic E-state index is -0.307. The molecule has 1 amide bonds. The van der Waals surface area contributed by atoms with Crippen molar-refractivity contribution in [2.24, 2.45) is 0 Å². The number of halogens is 1.